The summed E-state index contributed by atoms with van der Waals surface area (Å²) in [4.78, 5) is 26.3. The molecule has 1 atom stereocenters. The molecular formula is C16H20N4O3. The molecule has 0 spiro atoms. The number of rotatable bonds is 4. The molecule has 2 aromatic rings. The van der Waals surface area contributed by atoms with E-state index in [-0.39, 0.29) is 17.7 Å². The van der Waals surface area contributed by atoms with Crippen molar-refractivity contribution in [2.75, 3.05) is 19.6 Å². The minimum absolute atomic E-state index is 0.00735. The monoisotopic (exact) mass is 316 g/mol. The maximum absolute atomic E-state index is 12.5. The summed E-state index contributed by atoms with van der Waals surface area (Å²) in [5.41, 5.74) is 0.588. The molecule has 7 heteroatoms. The number of aryl methyl sites for hydroxylation is 1. The van der Waals surface area contributed by atoms with Crippen LogP contribution in [-0.2, 0) is 7.05 Å². The topological polar surface area (TPSA) is 80.4 Å². The summed E-state index contributed by atoms with van der Waals surface area (Å²) in [6, 6.07) is 5.04. The maximum atomic E-state index is 12.5. The number of carbonyl (C=O) groups is 2. The quantitative estimate of drug-likeness (QED) is 0.922. The number of furan rings is 1. The van der Waals surface area contributed by atoms with Crippen LogP contribution in [0.25, 0.3) is 0 Å². The first-order valence-electron chi connectivity index (χ1n) is 7.74. The average Bonchev–Trinajstić information content (AvgIpc) is 3.23. The zero-order chi connectivity index (χ0) is 16.2. The molecule has 7 nitrogen and oxygen atoms in total. The highest BCUT2D eigenvalue weighted by molar-refractivity contribution is 5.92. The van der Waals surface area contributed by atoms with Gasteiger partial charge in [0.2, 0.25) is 0 Å². The molecule has 1 aliphatic rings. The largest absolute Gasteiger partial charge is 0.459 e. The molecule has 0 saturated carbocycles. The summed E-state index contributed by atoms with van der Waals surface area (Å²) in [5, 5.41) is 6.91. The summed E-state index contributed by atoms with van der Waals surface area (Å²) in [5.74, 6) is 0.334. The Morgan fingerprint density at radius 1 is 1.43 bits per heavy atom. The molecule has 1 aliphatic heterocycles. The number of nitrogens with one attached hydrogen (secondary N) is 1. The maximum Gasteiger partial charge on any atom is 0.286 e. The van der Waals surface area contributed by atoms with Crippen LogP contribution >= 0.6 is 0 Å². The van der Waals surface area contributed by atoms with Crippen molar-refractivity contribution in [3.8, 4) is 0 Å². The van der Waals surface area contributed by atoms with Crippen LogP contribution < -0.4 is 5.32 Å². The Bertz CT molecular complexity index is 677. The normalized spacial score (nSPS) is 18.0. The van der Waals surface area contributed by atoms with Crippen molar-refractivity contribution in [1.29, 1.82) is 0 Å². The highest BCUT2D eigenvalue weighted by Crippen LogP contribution is 2.18. The second kappa shape index (κ2) is 6.68. The van der Waals surface area contributed by atoms with Gasteiger partial charge in [0.25, 0.3) is 11.8 Å². The molecular weight excluding hydrogens is 296 g/mol. The van der Waals surface area contributed by atoms with Crippen LogP contribution in [0.2, 0.25) is 0 Å². The Hall–Kier alpha value is -2.57. The molecule has 1 fully saturated rings. The van der Waals surface area contributed by atoms with Gasteiger partial charge in [0.1, 0.15) is 5.69 Å². The minimum Gasteiger partial charge on any atom is -0.459 e. The van der Waals surface area contributed by atoms with E-state index in [1.165, 1.54) is 6.26 Å². The van der Waals surface area contributed by atoms with Crippen molar-refractivity contribution >= 4 is 11.8 Å². The summed E-state index contributed by atoms with van der Waals surface area (Å²) < 4.78 is 6.66. The lowest BCUT2D eigenvalue weighted by Crippen LogP contribution is -2.44. The van der Waals surface area contributed by atoms with E-state index in [1.807, 2.05) is 4.90 Å². The van der Waals surface area contributed by atoms with E-state index < -0.39 is 0 Å². The Balaban J connectivity index is 1.55. The second-order valence-electron chi connectivity index (χ2n) is 5.79. The molecule has 2 amide bonds. The zero-order valence-electron chi connectivity index (χ0n) is 13.1. The van der Waals surface area contributed by atoms with Crippen molar-refractivity contribution < 1.29 is 14.0 Å². The highest BCUT2D eigenvalue weighted by atomic mass is 16.3. The van der Waals surface area contributed by atoms with Gasteiger partial charge in [-0.3, -0.25) is 14.3 Å². The Morgan fingerprint density at radius 3 is 3.00 bits per heavy atom. The predicted octanol–water partition coefficient (Wildman–Crippen LogP) is 1.30. The Morgan fingerprint density at radius 2 is 2.30 bits per heavy atom. The first kappa shape index (κ1) is 15.3. The van der Waals surface area contributed by atoms with Crippen LogP contribution in [0.3, 0.4) is 0 Å². The van der Waals surface area contributed by atoms with Gasteiger partial charge in [-0.25, -0.2) is 0 Å². The fourth-order valence-corrected chi connectivity index (χ4v) is 2.89. The van der Waals surface area contributed by atoms with Crippen molar-refractivity contribution in [3.05, 3.63) is 42.1 Å². The Labute approximate surface area is 134 Å². The third kappa shape index (κ3) is 3.44. The van der Waals surface area contributed by atoms with E-state index in [4.69, 9.17) is 4.42 Å². The lowest BCUT2D eigenvalue weighted by molar-refractivity contribution is 0.0659. The molecule has 3 heterocycles. The number of carbonyl (C=O) groups excluding carboxylic acids is 2. The van der Waals surface area contributed by atoms with Crippen LogP contribution in [0.4, 0.5) is 0 Å². The van der Waals surface area contributed by atoms with Crippen LogP contribution in [0.1, 0.15) is 33.9 Å². The summed E-state index contributed by atoms with van der Waals surface area (Å²) in [6.07, 6.45) is 5.03. The number of amides is 2. The molecule has 1 saturated heterocycles. The van der Waals surface area contributed by atoms with Gasteiger partial charge in [0, 0.05) is 32.9 Å². The summed E-state index contributed by atoms with van der Waals surface area (Å²) in [7, 11) is 1.76. The van der Waals surface area contributed by atoms with Crippen molar-refractivity contribution in [2.45, 2.75) is 12.8 Å². The van der Waals surface area contributed by atoms with Gasteiger partial charge in [0.15, 0.2) is 5.76 Å². The van der Waals surface area contributed by atoms with Crippen LogP contribution in [0.5, 0.6) is 0 Å². The number of likely N-dealkylation sites (tertiary alicyclic amines) is 1. The average molecular weight is 316 g/mol. The van der Waals surface area contributed by atoms with E-state index in [0.717, 1.165) is 19.4 Å². The van der Waals surface area contributed by atoms with E-state index in [1.54, 1.807) is 36.1 Å². The van der Waals surface area contributed by atoms with E-state index in [9.17, 15) is 9.59 Å². The standard InChI is InChI=1S/C16H20N4O3/c1-19-13(6-7-18-19)16(22)20-8-2-4-12(11-20)10-17-15(21)14-5-3-9-23-14/h3,5-7,9,12H,2,4,8,10-11H2,1H3,(H,17,21). The molecule has 1 unspecified atom stereocenters. The first-order valence-corrected chi connectivity index (χ1v) is 7.74. The van der Waals surface area contributed by atoms with Gasteiger partial charge < -0.3 is 14.6 Å². The molecule has 0 aromatic carbocycles. The molecule has 2 aromatic heterocycles. The molecule has 23 heavy (non-hydrogen) atoms. The number of piperidine rings is 1. The van der Waals surface area contributed by atoms with Crippen LogP contribution in [-0.4, -0.2) is 46.1 Å². The summed E-state index contributed by atoms with van der Waals surface area (Å²) in [6.45, 7) is 1.92. The molecule has 122 valence electrons. The lowest BCUT2D eigenvalue weighted by Gasteiger charge is -2.32. The van der Waals surface area contributed by atoms with Crippen molar-refractivity contribution in [2.24, 2.45) is 13.0 Å². The van der Waals surface area contributed by atoms with E-state index in [2.05, 4.69) is 10.4 Å². The fourth-order valence-electron chi connectivity index (χ4n) is 2.89. The van der Waals surface area contributed by atoms with Crippen molar-refractivity contribution in [3.63, 3.8) is 0 Å². The smallest absolute Gasteiger partial charge is 0.286 e. The number of nitrogens with zero attached hydrogens (tertiary/aromatic N) is 3. The molecule has 3 rings (SSSR count). The van der Waals surface area contributed by atoms with Gasteiger partial charge in [-0.15, -0.1) is 0 Å². The predicted molar refractivity (Wildman–Crippen MR) is 82.9 cm³/mol. The molecule has 1 N–H and O–H groups in total. The third-order valence-electron chi connectivity index (χ3n) is 4.14. The number of aromatic nitrogens is 2. The number of hydrogen-bond acceptors (Lipinski definition) is 4. The fraction of sp³-hybridized carbons (Fsp3) is 0.438. The van der Waals surface area contributed by atoms with Crippen LogP contribution in [0.15, 0.2) is 35.1 Å². The van der Waals surface area contributed by atoms with E-state index in [0.29, 0.717) is 24.5 Å². The van der Waals surface area contributed by atoms with Gasteiger partial charge >= 0.3 is 0 Å². The number of hydrogen-bond donors (Lipinski definition) is 1. The van der Waals surface area contributed by atoms with Crippen molar-refractivity contribution in [1.82, 2.24) is 20.0 Å². The first-order chi connectivity index (χ1) is 11.1. The Kier molecular flexibility index (Phi) is 4.45. The lowest BCUT2D eigenvalue weighted by atomic mass is 9.97. The third-order valence-corrected chi connectivity index (χ3v) is 4.14. The van der Waals surface area contributed by atoms with Gasteiger partial charge in [0.05, 0.1) is 6.26 Å². The summed E-state index contributed by atoms with van der Waals surface area (Å²) >= 11 is 0. The zero-order valence-corrected chi connectivity index (χ0v) is 13.1. The van der Waals surface area contributed by atoms with Gasteiger partial charge in [-0.1, -0.05) is 0 Å². The molecule has 0 aliphatic carbocycles. The molecule has 0 radical (unpaired) electrons. The minimum atomic E-state index is -0.218. The van der Waals surface area contributed by atoms with Gasteiger partial charge in [-0.05, 0) is 37.0 Å². The SMILES string of the molecule is Cn1nccc1C(=O)N1CCCC(CNC(=O)c2ccco2)C1. The molecule has 0 bridgehead atoms. The van der Waals surface area contributed by atoms with Crippen LogP contribution in [0, 0.1) is 5.92 Å². The van der Waals surface area contributed by atoms with E-state index >= 15 is 0 Å². The second-order valence-corrected chi connectivity index (χ2v) is 5.79. The highest BCUT2D eigenvalue weighted by Gasteiger charge is 2.26. The van der Waals surface area contributed by atoms with Gasteiger partial charge in [-0.2, -0.15) is 5.10 Å².